The summed E-state index contributed by atoms with van der Waals surface area (Å²) in [6, 6.07) is 23.2. The van der Waals surface area contributed by atoms with Gasteiger partial charge in [-0.1, -0.05) is 68.4 Å². The van der Waals surface area contributed by atoms with E-state index in [1.165, 1.54) is 72.8 Å². The summed E-state index contributed by atoms with van der Waals surface area (Å²) in [6.07, 6.45) is 1.91. The Kier molecular flexibility index (Phi) is 16.7. The maximum atomic E-state index is 15.4. The SMILES string of the molecule is C=C1C[C@@H]2[C@@H](CC[C@@]3(S(=O)(=O)c4ccc(Cl)cc4)c4c(F)ccc(F)c4OC[C@@H]23)O1.C=C1O[C@@H]2CC[C@@]3(S(=O)(=O)c4ccc(Cl)cc4)c4c(F)ccc(F)c4OC[C@H]3[C@@H]2[C@H]1C.C=C1O[C@@H]2CC[C@@]3(S(=O)(=O)c4ccc(Cl)cc4)c4c(F)ccc(F)c4OC[C@H]3[C@@H]2[C@H]1CC. The topological polar surface area (TPSA) is 158 Å². The number of hydrogen-bond donors (Lipinski definition) is 0. The van der Waals surface area contributed by atoms with Crippen molar-refractivity contribution in [3.8, 4) is 17.2 Å². The van der Waals surface area contributed by atoms with E-state index in [2.05, 4.69) is 19.7 Å². The molecule has 15 rings (SSSR count). The van der Waals surface area contributed by atoms with Gasteiger partial charge < -0.3 is 28.4 Å². The molecule has 12 nitrogen and oxygen atoms in total. The highest BCUT2D eigenvalue weighted by atomic mass is 35.5. The largest absolute Gasteiger partial charge is 0.495 e. The third kappa shape index (κ3) is 9.85. The highest BCUT2D eigenvalue weighted by Crippen LogP contribution is 2.65. The van der Waals surface area contributed by atoms with Crippen LogP contribution in [0.2, 0.25) is 15.1 Å². The standard InChI is InChI=1S/C24H23ClF2O4S.C23H21ClF2O4S.C22H19ClF2O4S/c1-3-16-13(2)31-20-10-11-24(32(28,29)15-6-4-14(25)5-7-15)17(21(16)20)12-30-23-19(27)9-8-18(26)22(23)24;1-12-13(2)30-19-9-10-23(31(27,28)15-5-3-14(24)4-6-15)16(20(12)19)11-29-22-18(26)8-7-17(25)21(22)23;1-12-10-15-16-11-28-21-18(25)7-6-17(24)20(21)22(16,9-8-19(15)29-12)30(26,27)14-4-2-13(23)3-5-14/h4-9,16-17,20-21H,2-3,10-12H2,1H3;3-8,12,16,19-20H,2,9-11H2,1H3;2-7,15-16,19H,1,8-11H2/t16-,17-,20+,21-,24-;12-,16-,19+,20-,23-;15-,16-,19+,22-/m000/s1. The van der Waals surface area contributed by atoms with Gasteiger partial charge in [-0.25, -0.2) is 51.6 Å². The van der Waals surface area contributed by atoms with Crippen molar-refractivity contribution in [3.63, 3.8) is 0 Å². The van der Waals surface area contributed by atoms with Crippen molar-refractivity contribution in [1.29, 1.82) is 0 Å². The van der Waals surface area contributed by atoms with Gasteiger partial charge in [-0.15, -0.1) is 0 Å². The molecule has 0 aromatic heterocycles. The van der Waals surface area contributed by atoms with E-state index < -0.39 is 96.4 Å². The first kappa shape index (κ1) is 65.3. The van der Waals surface area contributed by atoms with Gasteiger partial charge in [0.05, 0.1) is 68.5 Å². The predicted molar refractivity (Wildman–Crippen MR) is 335 cm³/mol. The summed E-state index contributed by atoms with van der Waals surface area (Å²) in [5, 5.41) is 1.16. The van der Waals surface area contributed by atoms with Crippen LogP contribution in [0.1, 0.15) is 81.9 Å². The zero-order valence-corrected chi connectivity index (χ0v) is 54.9. The minimum atomic E-state index is -4.17. The Hall–Kier alpha value is -6.36. The second-order valence-corrected chi connectivity index (χ2v) is 33.3. The van der Waals surface area contributed by atoms with Crippen LogP contribution in [0.4, 0.5) is 26.3 Å². The molecule has 3 saturated heterocycles. The lowest BCUT2D eigenvalue weighted by atomic mass is 9.63. The van der Waals surface area contributed by atoms with E-state index in [4.69, 9.17) is 63.2 Å². The first-order chi connectivity index (χ1) is 44.2. The smallest absolute Gasteiger partial charge is 0.188 e. The first-order valence-corrected chi connectivity index (χ1v) is 36.1. The molecule has 3 saturated carbocycles. The Labute approximate surface area is 550 Å². The number of ether oxygens (including phenoxy) is 6. The molecule has 3 aliphatic carbocycles. The van der Waals surface area contributed by atoms with Crippen LogP contribution in [0.5, 0.6) is 17.2 Å². The molecule has 6 heterocycles. The van der Waals surface area contributed by atoms with Crippen molar-refractivity contribution < 1.29 is 80.0 Å². The fraction of sp³-hybridized carbons (Fsp3) is 0.391. The molecule has 6 aliphatic heterocycles. The monoisotopic (exact) mass is 1400 g/mol. The molecule has 492 valence electrons. The Morgan fingerprint density at radius 3 is 1.18 bits per heavy atom. The molecule has 24 heteroatoms. The van der Waals surface area contributed by atoms with Gasteiger partial charge in [-0.05, 0) is 154 Å². The minimum Gasteiger partial charge on any atom is -0.495 e. The van der Waals surface area contributed by atoms with Gasteiger partial charge in [0, 0.05) is 68.8 Å². The summed E-state index contributed by atoms with van der Waals surface area (Å²) in [4.78, 5) is 0.0551. The molecular weight excluding hydrogens is 1340 g/mol. The minimum absolute atomic E-state index is 0.0160. The van der Waals surface area contributed by atoms with Gasteiger partial charge in [0.1, 0.15) is 50.0 Å². The molecule has 6 aromatic rings. The average molecular weight is 1400 g/mol. The van der Waals surface area contributed by atoms with Crippen LogP contribution in [0.15, 0.2) is 161 Å². The lowest BCUT2D eigenvalue weighted by Crippen LogP contribution is -2.57. The molecule has 0 N–H and O–H groups in total. The highest BCUT2D eigenvalue weighted by molar-refractivity contribution is 7.93. The van der Waals surface area contributed by atoms with Gasteiger partial charge in [0.15, 0.2) is 64.2 Å². The fourth-order valence-electron chi connectivity index (χ4n) is 17.2. The van der Waals surface area contributed by atoms with Crippen molar-refractivity contribution in [1.82, 2.24) is 0 Å². The number of hydrogen-bond acceptors (Lipinski definition) is 12. The van der Waals surface area contributed by atoms with E-state index in [1.807, 2.05) is 13.8 Å². The lowest BCUT2D eigenvalue weighted by molar-refractivity contribution is 0.00171. The van der Waals surface area contributed by atoms with Crippen molar-refractivity contribution in [2.24, 2.45) is 47.3 Å². The van der Waals surface area contributed by atoms with E-state index in [9.17, 15) is 38.4 Å². The summed E-state index contributed by atoms with van der Waals surface area (Å²) in [6.45, 7) is 15.7. The third-order valence-corrected chi connectivity index (χ3v) is 29.7. The summed E-state index contributed by atoms with van der Waals surface area (Å²) < 4.78 is 205. The van der Waals surface area contributed by atoms with Crippen molar-refractivity contribution in [2.75, 3.05) is 19.8 Å². The van der Waals surface area contributed by atoms with Crippen LogP contribution >= 0.6 is 34.8 Å². The highest BCUT2D eigenvalue weighted by Gasteiger charge is 2.68. The molecule has 0 amide bonds. The second kappa shape index (κ2) is 23.8. The number of allylic oxidation sites excluding steroid dienone is 3. The van der Waals surface area contributed by atoms with Crippen LogP contribution in [0.25, 0.3) is 0 Å². The summed E-state index contributed by atoms with van der Waals surface area (Å²) >= 11 is 17.9. The zero-order chi connectivity index (χ0) is 66.2. The molecule has 0 bridgehead atoms. The van der Waals surface area contributed by atoms with Crippen LogP contribution in [0.3, 0.4) is 0 Å². The maximum Gasteiger partial charge on any atom is 0.188 e. The molecular formula is C69H63Cl3F6O12S3. The average Bonchev–Trinajstić information content (AvgIpc) is 1.63. The van der Waals surface area contributed by atoms with E-state index >= 15 is 13.2 Å². The molecule has 6 aromatic carbocycles. The lowest BCUT2D eigenvalue weighted by Gasteiger charge is -2.51. The van der Waals surface area contributed by atoms with Gasteiger partial charge in [-0.2, -0.15) is 0 Å². The molecule has 93 heavy (non-hydrogen) atoms. The normalized spacial score (nSPS) is 31.0. The van der Waals surface area contributed by atoms with E-state index in [0.717, 1.165) is 36.4 Å². The molecule has 0 spiro atoms. The summed E-state index contributed by atoms with van der Waals surface area (Å²) in [5.41, 5.74) is -0.652. The van der Waals surface area contributed by atoms with Crippen LogP contribution in [-0.2, 0) is 58.0 Å². The quantitative estimate of drug-likeness (QED) is 0.140. The van der Waals surface area contributed by atoms with E-state index in [0.29, 0.717) is 64.4 Å². The van der Waals surface area contributed by atoms with Crippen LogP contribution in [-0.4, -0.2) is 63.4 Å². The zero-order valence-electron chi connectivity index (χ0n) is 50.2. The number of halogens is 9. The Morgan fingerprint density at radius 2 is 0.785 bits per heavy atom. The van der Waals surface area contributed by atoms with Gasteiger partial charge in [0.2, 0.25) is 0 Å². The van der Waals surface area contributed by atoms with E-state index in [-0.39, 0.29) is 136 Å². The number of fused-ring (bicyclic) bond motifs is 15. The summed E-state index contributed by atoms with van der Waals surface area (Å²) in [7, 11) is -12.5. The maximum absolute atomic E-state index is 15.4. The van der Waals surface area contributed by atoms with Crippen LogP contribution in [0, 0.1) is 82.2 Å². The van der Waals surface area contributed by atoms with Gasteiger partial charge in [0.25, 0.3) is 0 Å². The molecule has 6 fully saturated rings. The van der Waals surface area contributed by atoms with Gasteiger partial charge >= 0.3 is 0 Å². The Morgan fingerprint density at radius 1 is 0.452 bits per heavy atom. The Bertz CT molecular complexity index is 4410. The molecule has 0 unspecified atom stereocenters. The number of sulfone groups is 3. The summed E-state index contributed by atoms with van der Waals surface area (Å²) in [5.74, 6) is -6.67. The van der Waals surface area contributed by atoms with Crippen molar-refractivity contribution in [3.05, 3.63) is 213 Å². The Balaban J connectivity index is 0.000000127. The number of rotatable bonds is 7. The second-order valence-electron chi connectivity index (χ2n) is 25.4. The molecule has 9 aliphatic rings. The molecule has 0 radical (unpaired) electrons. The predicted octanol–water partition coefficient (Wildman–Crippen LogP) is 15.9. The first-order valence-electron chi connectivity index (χ1n) is 30.6. The third-order valence-electron chi connectivity index (χ3n) is 21.2. The number of benzene rings is 6. The van der Waals surface area contributed by atoms with Crippen LogP contribution < -0.4 is 14.2 Å². The fourth-order valence-corrected chi connectivity index (χ4v) is 24.7. The van der Waals surface area contributed by atoms with Crippen molar-refractivity contribution in [2.45, 2.75) is 112 Å². The van der Waals surface area contributed by atoms with Gasteiger partial charge in [-0.3, -0.25) is 0 Å². The van der Waals surface area contributed by atoms with Crippen molar-refractivity contribution >= 4 is 64.3 Å². The van der Waals surface area contributed by atoms with E-state index in [1.54, 1.807) is 0 Å². The molecule has 14 atom stereocenters.